The van der Waals surface area contributed by atoms with E-state index in [4.69, 9.17) is 10.3 Å². The van der Waals surface area contributed by atoms with Crippen LogP contribution in [0, 0.1) is 0 Å². The number of likely N-dealkylation sites (tertiary alicyclic amines) is 1. The molecule has 1 aromatic rings. The molecule has 1 aliphatic carbocycles. The topological polar surface area (TPSA) is 85.2 Å². The van der Waals surface area contributed by atoms with Gasteiger partial charge in [0.05, 0.1) is 5.54 Å². The van der Waals surface area contributed by atoms with Crippen LogP contribution in [-0.4, -0.2) is 27.5 Å². The molecule has 1 saturated carbocycles. The number of nitrogens with two attached hydrogens (primary N) is 1. The molecule has 0 bridgehead atoms. The van der Waals surface area contributed by atoms with Gasteiger partial charge < -0.3 is 15.2 Å². The first kappa shape index (κ1) is 15.5. The second kappa shape index (κ2) is 6.36. The van der Waals surface area contributed by atoms with Crippen LogP contribution in [0.2, 0.25) is 0 Å². The molecule has 0 aromatic carbocycles. The average molecular weight is 306 g/mol. The highest BCUT2D eigenvalue weighted by Gasteiger charge is 2.38. The summed E-state index contributed by atoms with van der Waals surface area (Å²) in [7, 11) is 0. The van der Waals surface area contributed by atoms with Crippen LogP contribution in [0.25, 0.3) is 0 Å². The molecule has 2 aliphatic rings. The molecule has 1 amide bonds. The Hall–Kier alpha value is -1.43. The minimum atomic E-state index is -0.436. The van der Waals surface area contributed by atoms with Crippen LogP contribution in [0.5, 0.6) is 0 Å². The van der Waals surface area contributed by atoms with Crippen molar-refractivity contribution < 1.29 is 9.32 Å². The van der Waals surface area contributed by atoms with Crippen LogP contribution in [0.4, 0.5) is 0 Å². The number of piperidine rings is 1. The molecule has 1 aliphatic heterocycles. The minimum Gasteiger partial charge on any atom is -0.337 e. The van der Waals surface area contributed by atoms with E-state index in [2.05, 4.69) is 10.1 Å². The lowest BCUT2D eigenvalue weighted by Gasteiger charge is -2.33. The van der Waals surface area contributed by atoms with Crippen LogP contribution in [0.15, 0.2) is 4.52 Å². The molecule has 22 heavy (non-hydrogen) atoms. The molecule has 2 fully saturated rings. The maximum atomic E-state index is 12.3. The fraction of sp³-hybridized carbons (Fsp3) is 0.812. The Morgan fingerprint density at radius 3 is 2.86 bits per heavy atom. The molecule has 6 nitrogen and oxygen atoms in total. The van der Waals surface area contributed by atoms with Gasteiger partial charge in [-0.15, -0.1) is 0 Å². The van der Waals surface area contributed by atoms with E-state index in [1.54, 1.807) is 0 Å². The third-order valence-corrected chi connectivity index (χ3v) is 4.95. The molecule has 1 saturated heterocycles. The summed E-state index contributed by atoms with van der Waals surface area (Å²) in [5.41, 5.74) is 5.96. The average Bonchev–Trinajstić information content (AvgIpc) is 3.17. The zero-order chi connectivity index (χ0) is 15.6. The smallest absolute Gasteiger partial charge is 0.249 e. The largest absolute Gasteiger partial charge is 0.337 e. The van der Waals surface area contributed by atoms with E-state index in [9.17, 15) is 4.79 Å². The van der Waals surface area contributed by atoms with Gasteiger partial charge in [-0.2, -0.15) is 4.98 Å². The number of nitrogens with zero attached hydrogens (tertiary/aromatic N) is 3. The number of carbonyl (C=O) groups is 1. The van der Waals surface area contributed by atoms with Crippen molar-refractivity contribution in [2.45, 2.75) is 76.3 Å². The number of hydrogen-bond acceptors (Lipinski definition) is 5. The first-order valence-corrected chi connectivity index (χ1v) is 8.56. The van der Waals surface area contributed by atoms with Crippen LogP contribution in [0.1, 0.15) is 82.5 Å². The van der Waals surface area contributed by atoms with Gasteiger partial charge >= 0.3 is 0 Å². The first-order valence-electron chi connectivity index (χ1n) is 8.56. The molecular weight excluding hydrogens is 280 g/mol. The predicted octanol–water partition coefficient (Wildman–Crippen LogP) is 2.65. The maximum absolute atomic E-state index is 12.3. The van der Waals surface area contributed by atoms with Gasteiger partial charge in [-0.1, -0.05) is 24.9 Å². The van der Waals surface area contributed by atoms with Crippen molar-refractivity contribution in [1.29, 1.82) is 0 Å². The lowest BCUT2D eigenvalue weighted by molar-refractivity contribution is -0.135. The first-order chi connectivity index (χ1) is 10.6. The standard InChI is InChI=1S/C16H26N4O2/c1-2-7-13(21)20-11-6-3-8-12(20)14-18-15(19-22-14)16(17)9-4-5-10-16/h12H,2-11,17H2,1H3. The fourth-order valence-electron chi connectivity index (χ4n) is 3.65. The van der Waals surface area contributed by atoms with Gasteiger partial charge in [0.1, 0.15) is 6.04 Å². The number of carbonyl (C=O) groups excluding carboxylic acids is 1. The molecule has 2 N–H and O–H groups in total. The van der Waals surface area contributed by atoms with Gasteiger partial charge in [0.15, 0.2) is 5.82 Å². The Morgan fingerprint density at radius 2 is 2.14 bits per heavy atom. The van der Waals surface area contributed by atoms with Crippen molar-refractivity contribution in [2.24, 2.45) is 5.73 Å². The Labute approximate surface area is 131 Å². The summed E-state index contributed by atoms with van der Waals surface area (Å²) in [5, 5.41) is 4.14. The lowest BCUT2D eigenvalue weighted by Crippen LogP contribution is -2.38. The van der Waals surface area contributed by atoms with Gasteiger partial charge in [-0.3, -0.25) is 4.79 Å². The Morgan fingerprint density at radius 1 is 1.36 bits per heavy atom. The molecule has 3 rings (SSSR count). The Bertz CT molecular complexity index is 522. The highest BCUT2D eigenvalue weighted by Crippen LogP contribution is 2.36. The monoisotopic (exact) mass is 306 g/mol. The van der Waals surface area contributed by atoms with Gasteiger partial charge in [0.25, 0.3) is 0 Å². The SMILES string of the molecule is CCCC(=O)N1CCCCC1c1nc(C2(N)CCCC2)no1. The summed E-state index contributed by atoms with van der Waals surface area (Å²) in [5.74, 6) is 1.37. The van der Waals surface area contributed by atoms with Crippen molar-refractivity contribution in [1.82, 2.24) is 15.0 Å². The van der Waals surface area contributed by atoms with Crippen LogP contribution < -0.4 is 5.73 Å². The summed E-state index contributed by atoms with van der Waals surface area (Å²) in [6.07, 6.45) is 8.54. The highest BCUT2D eigenvalue weighted by atomic mass is 16.5. The van der Waals surface area contributed by atoms with E-state index >= 15 is 0 Å². The molecule has 1 aromatic heterocycles. The van der Waals surface area contributed by atoms with Gasteiger partial charge in [-0.25, -0.2) is 0 Å². The molecule has 0 spiro atoms. The van der Waals surface area contributed by atoms with E-state index in [1.165, 1.54) is 0 Å². The number of rotatable bonds is 4. The molecule has 1 atom stereocenters. The van der Waals surface area contributed by atoms with E-state index in [1.807, 2.05) is 11.8 Å². The fourth-order valence-corrected chi connectivity index (χ4v) is 3.65. The second-order valence-electron chi connectivity index (χ2n) is 6.67. The summed E-state index contributed by atoms with van der Waals surface area (Å²) in [4.78, 5) is 18.8. The van der Waals surface area contributed by atoms with Crippen LogP contribution in [-0.2, 0) is 10.3 Å². The maximum Gasteiger partial charge on any atom is 0.249 e. The quantitative estimate of drug-likeness (QED) is 0.924. The lowest BCUT2D eigenvalue weighted by atomic mass is 9.98. The van der Waals surface area contributed by atoms with Crippen molar-refractivity contribution in [2.75, 3.05) is 6.54 Å². The van der Waals surface area contributed by atoms with E-state index in [0.29, 0.717) is 18.1 Å². The van der Waals surface area contributed by atoms with E-state index in [-0.39, 0.29) is 11.9 Å². The number of hydrogen-bond donors (Lipinski definition) is 1. The summed E-state index contributed by atoms with van der Waals surface area (Å²) < 4.78 is 5.51. The molecule has 2 heterocycles. The van der Waals surface area contributed by atoms with Gasteiger partial charge in [-0.05, 0) is 38.5 Å². The van der Waals surface area contributed by atoms with E-state index in [0.717, 1.165) is 57.9 Å². The Kier molecular flexibility index (Phi) is 4.47. The van der Waals surface area contributed by atoms with Gasteiger partial charge in [0.2, 0.25) is 11.8 Å². The summed E-state index contributed by atoms with van der Waals surface area (Å²) in [6, 6.07) is -0.0703. The zero-order valence-electron chi connectivity index (χ0n) is 13.4. The van der Waals surface area contributed by atoms with Crippen molar-refractivity contribution in [3.63, 3.8) is 0 Å². The molecule has 1 unspecified atom stereocenters. The molecular formula is C16H26N4O2. The third-order valence-electron chi connectivity index (χ3n) is 4.95. The minimum absolute atomic E-state index is 0.0703. The van der Waals surface area contributed by atoms with Crippen molar-refractivity contribution >= 4 is 5.91 Å². The summed E-state index contributed by atoms with van der Waals surface area (Å²) >= 11 is 0. The van der Waals surface area contributed by atoms with Crippen LogP contribution >= 0.6 is 0 Å². The molecule has 6 heteroatoms. The summed E-state index contributed by atoms with van der Waals surface area (Å²) in [6.45, 7) is 2.81. The van der Waals surface area contributed by atoms with Crippen molar-refractivity contribution in [3.05, 3.63) is 11.7 Å². The predicted molar refractivity (Wildman–Crippen MR) is 81.8 cm³/mol. The Balaban J connectivity index is 1.79. The highest BCUT2D eigenvalue weighted by molar-refractivity contribution is 5.76. The molecule has 0 radical (unpaired) electrons. The third kappa shape index (κ3) is 2.89. The van der Waals surface area contributed by atoms with E-state index < -0.39 is 5.54 Å². The second-order valence-corrected chi connectivity index (χ2v) is 6.67. The van der Waals surface area contributed by atoms with Crippen molar-refractivity contribution in [3.8, 4) is 0 Å². The molecule has 122 valence electrons. The van der Waals surface area contributed by atoms with Gasteiger partial charge in [0, 0.05) is 13.0 Å². The number of amides is 1. The zero-order valence-corrected chi connectivity index (χ0v) is 13.4. The van der Waals surface area contributed by atoms with Crippen LogP contribution in [0.3, 0.4) is 0 Å². The number of aromatic nitrogens is 2. The normalized spacial score (nSPS) is 24.6.